The molecule has 0 aromatic heterocycles. The molecule has 0 N–H and O–H groups in total. The molecule has 0 aliphatic carbocycles. The number of carbonyl (C=O) groups is 1. The van der Waals surface area contributed by atoms with Gasteiger partial charge in [0.2, 0.25) is 0 Å². The molecule has 2 nitrogen and oxygen atoms in total. The van der Waals surface area contributed by atoms with Crippen LogP contribution < -0.4 is 5.11 Å². The Bertz CT molecular complexity index is 115. The van der Waals surface area contributed by atoms with Gasteiger partial charge in [-0.15, -0.1) is 0 Å². The molecule has 0 fully saturated rings. The number of carbonyl (C=O) groups excluding carboxylic acids is 1. The van der Waals surface area contributed by atoms with E-state index in [-0.39, 0.29) is 6.42 Å². The smallest absolute Gasteiger partial charge is 0.0422 e. The van der Waals surface area contributed by atoms with Gasteiger partial charge in [-0.1, -0.05) is 26.2 Å². The Morgan fingerprint density at radius 1 is 1.25 bits per heavy atom. The summed E-state index contributed by atoms with van der Waals surface area (Å²) in [6.45, 7) is 2.18. The van der Waals surface area contributed by atoms with Crippen molar-refractivity contribution in [2.75, 3.05) is 11.5 Å². The number of hydrogen-bond donors (Lipinski definition) is 0. The standard InChI is InChI=1S/C9H18O2S/c1-2-3-4-5-7-12-8-6-9(10)11/h2-8H2,1H3,(H,10,11)/p-1. The third-order valence-corrected chi connectivity index (χ3v) is 2.66. The Balaban J connectivity index is 2.86. The van der Waals surface area contributed by atoms with E-state index in [2.05, 4.69) is 6.92 Å². The molecule has 0 amide bonds. The number of hydrogen-bond acceptors (Lipinski definition) is 3. The maximum absolute atomic E-state index is 10.0. The summed E-state index contributed by atoms with van der Waals surface area (Å²) in [5, 5.41) is 10.0. The van der Waals surface area contributed by atoms with Gasteiger partial charge < -0.3 is 9.90 Å². The maximum atomic E-state index is 10.0. The van der Waals surface area contributed by atoms with Gasteiger partial charge >= 0.3 is 0 Å². The van der Waals surface area contributed by atoms with E-state index in [0.717, 1.165) is 5.75 Å². The van der Waals surface area contributed by atoms with Crippen LogP contribution in [0.5, 0.6) is 0 Å². The van der Waals surface area contributed by atoms with E-state index in [1.165, 1.54) is 25.7 Å². The quantitative estimate of drug-likeness (QED) is 0.542. The van der Waals surface area contributed by atoms with Gasteiger partial charge in [0.05, 0.1) is 0 Å². The SMILES string of the molecule is CCCCCCSCCC(=O)[O-]. The lowest BCUT2D eigenvalue weighted by atomic mass is 10.2. The lowest BCUT2D eigenvalue weighted by molar-refractivity contribution is -0.305. The molecular formula is C9H17O2S-. The first-order valence-corrected chi connectivity index (χ1v) is 5.70. The number of thioether (sulfide) groups is 1. The second-order valence-electron chi connectivity index (χ2n) is 2.80. The Hall–Kier alpha value is -0.180. The average Bonchev–Trinajstić information content (AvgIpc) is 2.02. The average molecular weight is 189 g/mol. The predicted molar refractivity (Wildman–Crippen MR) is 51.1 cm³/mol. The lowest BCUT2D eigenvalue weighted by Gasteiger charge is -2.01. The summed E-state index contributed by atoms with van der Waals surface area (Å²) >= 11 is 1.71. The molecule has 0 unspecified atom stereocenters. The van der Waals surface area contributed by atoms with Crippen LogP contribution in [0.15, 0.2) is 0 Å². The largest absolute Gasteiger partial charge is 0.550 e. The highest BCUT2D eigenvalue weighted by Crippen LogP contribution is 2.08. The normalized spacial score (nSPS) is 10.1. The van der Waals surface area contributed by atoms with E-state index in [0.29, 0.717) is 5.75 Å². The fourth-order valence-electron chi connectivity index (χ4n) is 0.888. The Labute approximate surface area is 78.7 Å². The minimum Gasteiger partial charge on any atom is -0.550 e. The minimum absolute atomic E-state index is 0.193. The molecule has 12 heavy (non-hydrogen) atoms. The summed E-state index contributed by atoms with van der Waals surface area (Å²) in [5.41, 5.74) is 0. The highest BCUT2D eigenvalue weighted by atomic mass is 32.2. The highest BCUT2D eigenvalue weighted by molar-refractivity contribution is 7.99. The molecule has 0 saturated heterocycles. The van der Waals surface area contributed by atoms with Crippen LogP contribution in [-0.4, -0.2) is 17.5 Å². The molecule has 0 bridgehead atoms. The zero-order valence-corrected chi connectivity index (χ0v) is 8.49. The van der Waals surface area contributed by atoms with Gasteiger partial charge in [-0.25, -0.2) is 0 Å². The van der Waals surface area contributed by atoms with E-state index < -0.39 is 5.97 Å². The van der Waals surface area contributed by atoms with Gasteiger partial charge in [0, 0.05) is 5.97 Å². The minimum atomic E-state index is -0.934. The molecule has 3 heteroatoms. The van der Waals surface area contributed by atoms with Crippen molar-refractivity contribution in [3.63, 3.8) is 0 Å². The van der Waals surface area contributed by atoms with Crippen LogP contribution in [0, 0.1) is 0 Å². The predicted octanol–water partition coefficient (Wildman–Crippen LogP) is 1.44. The first-order valence-electron chi connectivity index (χ1n) is 4.55. The van der Waals surface area contributed by atoms with Gasteiger partial charge in [0.25, 0.3) is 0 Å². The summed E-state index contributed by atoms with van der Waals surface area (Å²) in [5.74, 6) is 0.859. The monoisotopic (exact) mass is 189 g/mol. The lowest BCUT2D eigenvalue weighted by Crippen LogP contribution is -2.22. The van der Waals surface area contributed by atoms with Gasteiger partial charge in [0.15, 0.2) is 0 Å². The second-order valence-corrected chi connectivity index (χ2v) is 4.02. The first kappa shape index (κ1) is 11.8. The second kappa shape index (κ2) is 8.91. The number of unbranched alkanes of at least 4 members (excludes halogenated alkanes) is 3. The van der Waals surface area contributed by atoms with E-state index in [9.17, 15) is 9.90 Å². The number of rotatable bonds is 8. The third-order valence-electron chi connectivity index (χ3n) is 1.59. The van der Waals surface area contributed by atoms with E-state index >= 15 is 0 Å². The molecule has 0 saturated carbocycles. The Morgan fingerprint density at radius 3 is 2.58 bits per heavy atom. The van der Waals surface area contributed by atoms with Gasteiger partial charge in [-0.05, 0) is 24.3 Å². The third kappa shape index (κ3) is 9.82. The molecule has 0 aromatic carbocycles. The molecule has 0 heterocycles. The van der Waals surface area contributed by atoms with Crippen molar-refractivity contribution in [2.24, 2.45) is 0 Å². The van der Waals surface area contributed by atoms with Gasteiger partial charge in [0.1, 0.15) is 0 Å². The van der Waals surface area contributed by atoms with Crippen molar-refractivity contribution >= 4 is 17.7 Å². The van der Waals surface area contributed by atoms with Crippen molar-refractivity contribution in [3.05, 3.63) is 0 Å². The van der Waals surface area contributed by atoms with Crippen LogP contribution in [0.3, 0.4) is 0 Å². The van der Waals surface area contributed by atoms with Crippen LogP contribution in [0.1, 0.15) is 39.0 Å². The molecule has 0 aromatic rings. The van der Waals surface area contributed by atoms with E-state index in [1.807, 2.05) is 0 Å². The number of aliphatic carboxylic acids is 1. The molecule has 0 rings (SSSR count). The molecule has 0 radical (unpaired) electrons. The first-order chi connectivity index (χ1) is 5.77. The molecule has 0 aliphatic heterocycles. The summed E-state index contributed by atoms with van der Waals surface area (Å²) in [4.78, 5) is 10.0. The summed E-state index contributed by atoms with van der Waals surface area (Å²) < 4.78 is 0. The fraction of sp³-hybridized carbons (Fsp3) is 0.889. The van der Waals surface area contributed by atoms with Crippen LogP contribution in [0.4, 0.5) is 0 Å². The fourth-order valence-corrected chi connectivity index (χ4v) is 1.81. The van der Waals surface area contributed by atoms with Crippen LogP contribution >= 0.6 is 11.8 Å². The van der Waals surface area contributed by atoms with Crippen LogP contribution in [-0.2, 0) is 4.79 Å². The zero-order chi connectivity index (χ0) is 9.23. The molecule has 72 valence electrons. The zero-order valence-electron chi connectivity index (χ0n) is 7.67. The molecule has 0 aliphatic rings. The summed E-state index contributed by atoms with van der Waals surface area (Å²) in [7, 11) is 0. The van der Waals surface area contributed by atoms with Crippen LogP contribution in [0.25, 0.3) is 0 Å². The van der Waals surface area contributed by atoms with Gasteiger partial charge in [-0.2, -0.15) is 11.8 Å². The summed E-state index contributed by atoms with van der Waals surface area (Å²) in [6, 6.07) is 0. The topological polar surface area (TPSA) is 40.1 Å². The van der Waals surface area contributed by atoms with Crippen molar-refractivity contribution in [1.29, 1.82) is 0 Å². The van der Waals surface area contributed by atoms with Gasteiger partial charge in [-0.3, -0.25) is 0 Å². The summed E-state index contributed by atoms with van der Waals surface area (Å²) in [6.07, 6.45) is 5.23. The maximum Gasteiger partial charge on any atom is 0.0422 e. The van der Waals surface area contributed by atoms with Crippen molar-refractivity contribution in [3.8, 4) is 0 Å². The number of carboxylic acids is 1. The van der Waals surface area contributed by atoms with Crippen molar-refractivity contribution in [1.82, 2.24) is 0 Å². The highest BCUT2D eigenvalue weighted by Gasteiger charge is 1.90. The molecular weight excluding hydrogens is 172 g/mol. The molecule has 0 atom stereocenters. The van der Waals surface area contributed by atoms with E-state index in [4.69, 9.17) is 0 Å². The van der Waals surface area contributed by atoms with Crippen LogP contribution in [0.2, 0.25) is 0 Å². The number of carboxylic acid groups (broad SMARTS) is 1. The van der Waals surface area contributed by atoms with Crippen molar-refractivity contribution in [2.45, 2.75) is 39.0 Å². The Morgan fingerprint density at radius 2 is 2.00 bits per heavy atom. The van der Waals surface area contributed by atoms with E-state index in [1.54, 1.807) is 11.8 Å². The molecule has 0 spiro atoms. The van der Waals surface area contributed by atoms with Crippen molar-refractivity contribution < 1.29 is 9.90 Å². The Kier molecular flexibility index (Phi) is 8.78.